The second kappa shape index (κ2) is 6.80. The summed E-state index contributed by atoms with van der Waals surface area (Å²) in [6.45, 7) is 3.03. The Labute approximate surface area is 134 Å². The van der Waals surface area contributed by atoms with Gasteiger partial charge in [0.25, 0.3) is 0 Å². The third-order valence-corrected chi connectivity index (χ3v) is 4.02. The van der Waals surface area contributed by atoms with Crippen LogP contribution in [-0.2, 0) is 15.0 Å². The van der Waals surface area contributed by atoms with E-state index in [2.05, 4.69) is 6.07 Å². The zero-order chi connectivity index (χ0) is 17.0. The number of carboxylic acids is 2. The lowest BCUT2D eigenvalue weighted by atomic mass is 9.67. The minimum atomic E-state index is -1.27. The molecule has 0 aliphatic carbocycles. The predicted molar refractivity (Wildman–Crippen MR) is 81.6 cm³/mol. The second-order valence-corrected chi connectivity index (χ2v) is 6.34. The maximum absolute atomic E-state index is 11.4. The molecule has 0 amide bonds. The molecule has 0 radical (unpaired) electrons. The molecule has 22 heavy (non-hydrogen) atoms. The Bertz CT molecular complexity index is 621. The molecule has 5 nitrogen and oxygen atoms in total. The SMILES string of the molecule is CC(C)(CC(C#N)(CCC(=O)O)c1ccccc1Cl)C(=O)O. The number of halogens is 1. The molecule has 6 heteroatoms. The van der Waals surface area contributed by atoms with Crippen LogP contribution in [-0.4, -0.2) is 22.2 Å². The number of nitriles is 1. The molecule has 0 spiro atoms. The second-order valence-electron chi connectivity index (χ2n) is 5.93. The summed E-state index contributed by atoms with van der Waals surface area (Å²) < 4.78 is 0. The number of carbonyl (C=O) groups is 2. The lowest BCUT2D eigenvalue weighted by Crippen LogP contribution is -2.36. The summed E-state index contributed by atoms with van der Waals surface area (Å²) in [6, 6.07) is 8.78. The van der Waals surface area contributed by atoms with Crippen LogP contribution in [0.2, 0.25) is 5.02 Å². The van der Waals surface area contributed by atoms with Gasteiger partial charge in [-0.3, -0.25) is 9.59 Å². The fourth-order valence-electron chi connectivity index (χ4n) is 2.47. The molecule has 118 valence electrons. The first-order valence-electron chi connectivity index (χ1n) is 6.76. The van der Waals surface area contributed by atoms with Crippen molar-refractivity contribution < 1.29 is 19.8 Å². The number of nitrogens with zero attached hydrogens (tertiary/aromatic N) is 1. The molecule has 0 aliphatic heterocycles. The summed E-state index contributed by atoms with van der Waals surface area (Å²) in [6.07, 6.45) is -0.267. The maximum atomic E-state index is 11.4. The predicted octanol–water partition coefficient (Wildman–Crippen LogP) is 3.47. The molecule has 1 aromatic carbocycles. The highest BCUT2D eigenvalue weighted by atomic mass is 35.5. The molecular weight excluding hydrogens is 306 g/mol. The molecule has 0 fully saturated rings. The molecule has 0 bridgehead atoms. The Kier molecular flexibility index (Phi) is 5.56. The van der Waals surface area contributed by atoms with Gasteiger partial charge in [0.1, 0.15) is 0 Å². The fourth-order valence-corrected chi connectivity index (χ4v) is 2.79. The molecule has 1 aromatic rings. The normalized spacial score (nSPS) is 13.9. The van der Waals surface area contributed by atoms with E-state index in [9.17, 15) is 20.0 Å². The molecule has 0 aliphatic rings. The lowest BCUT2D eigenvalue weighted by Gasteiger charge is -2.33. The summed E-state index contributed by atoms with van der Waals surface area (Å²) in [7, 11) is 0. The van der Waals surface area contributed by atoms with Crippen LogP contribution in [0.15, 0.2) is 24.3 Å². The highest BCUT2D eigenvalue weighted by Crippen LogP contribution is 2.42. The molecule has 2 N–H and O–H groups in total. The van der Waals surface area contributed by atoms with Crippen LogP contribution >= 0.6 is 11.6 Å². The molecule has 1 rings (SSSR count). The topological polar surface area (TPSA) is 98.4 Å². The Hall–Kier alpha value is -2.06. The van der Waals surface area contributed by atoms with Crippen LogP contribution in [0.4, 0.5) is 0 Å². The Morgan fingerprint density at radius 3 is 2.32 bits per heavy atom. The zero-order valence-electron chi connectivity index (χ0n) is 12.5. The van der Waals surface area contributed by atoms with Crippen molar-refractivity contribution in [1.82, 2.24) is 0 Å². The van der Waals surface area contributed by atoms with Gasteiger partial charge in [-0.25, -0.2) is 0 Å². The van der Waals surface area contributed by atoms with Crippen LogP contribution in [0.25, 0.3) is 0 Å². The van der Waals surface area contributed by atoms with E-state index in [0.29, 0.717) is 10.6 Å². The number of rotatable bonds is 7. The van der Waals surface area contributed by atoms with Crippen LogP contribution in [0.1, 0.15) is 38.7 Å². The van der Waals surface area contributed by atoms with Crippen LogP contribution in [0, 0.1) is 16.7 Å². The van der Waals surface area contributed by atoms with E-state index in [1.54, 1.807) is 24.3 Å². The Morgan fingerprint density at radius 1 is 1.27 bits per heavy atom. The van der Waals surface area contributed by atoms with Gasteiger partial charge >= 0.3 is 11.9 Å². The van der Waals surface area contributed by atoms with Crippen LogP contribution < -0.4 is 0 Å². The van der Waals surface area contributed by atoms with Gasteiger partial charge in [0.05, 0.1) is 16.9 Å². The van der Waals surface area contributed by atoms with Gasteiger partial charge < -0.3 is 10.2 Å². The minimum absolute atomic E-state index is 0.000718. The number of hydrogen-bond acceptors (Lipinski definition) is 3. The molecule has 1 unspecified atom stereocenters. The van der Waals surface area contributed by atoms with E-state index < -0.39 is 22.8 Å². The highest BCUT2D eigenvalue weighted by Gasteiger charge is 2.43. The highest BCUT2D eigenvalue weighted by molar-refractivity contribution is 6.31. The number of hydrogen-bond donors (Lipinski definition) is 2. The van der Waals surface area contributed by atoms with Crippen molar-refractivity contribution >= 4 is 23.5 Å². The van der Waals surface area contributed by atoms with Gasteiger partial charge in [-0.15, -0.1) is 0 Å². The molecule has 0 saturated heterocycles. The van der Waals surface area contributed by atoms with Crippen molar-refractivity contribution in [3.63, 3.8) is 0 Å². The first kappa shape index (κ1) is 18.0. The number of benzene rings is 1. The van der Waals surface area contributed by atoms with Gasteiger partial charge in [0.2, 0.25) is 0 Å². The molecule has 1 atom stereocenters. The van der Waals surface area contributed by atoms with E-state index >= 15 is 0 Å². The van der Waals surface area contributed by atoms with E-state index in [1.165, 1.54) is 13.8 Å². The van der Waals surface area contributed by atoms with Gasteiger partial charge in [-0.05, 0) is 38.3 Å². The first-order chi connectivity index (χ1) is 10.1. The summed E-state index contributed by atoms with van der Waals surface area (Å²) in [5.74, 6) is -2.09. The molecule has 0 aromatic heterocycles. The average Bonchev–Trinajstić information content (AvgIpc) is 2.44. The quantitative estimate of drug-likeness (QED) is 0.800. The number of carboxylic acid groups (broad SMARTS) is 2. The first-order valence-corrected chi connectivity index (χ1v) is 7.14. The van der Waals surface area contributed by atoms with E-state index in [0.717, 1.165) is 0 Å². The smallest absolute Gasteiger partial charge is 0.309 e. The van der Waals surface area contributed by atoms with Crippen molar-refractivity contribution in [3.05, 3.63) is 34.9 Å². The van der Waals surface area contributed by atoms with Crippen molar-refractivity contribution in [1.29, 1.82) is 5.26 Å². The van der Waals surface area contributed by atoms with Gasteiger partial charge in [-0.2, -0.15) is 5.26 Å². The Morgan fingerprint density at radius 2 is 1.86 bits per heavy atom. The Balaban J connectivity index is 3.37. The van der Waals surface area contributed by atoms with Crippen molar-refractivity contribution in [3.8, 4) is 6.07 Å². The number of aliphatic carboxylic acids is 2. The van der Waals surface area contributed by atoms with Gasteiger partial charge in [-0.1, -0.05) is 29.8 Å². The average molecular weight is 324 g/mol. The van der Waals surface area contributed by atoms with Crippen molar-refractivity contribution in [2.45, 2.75) is 38.5 Å². The van der Waals surface area contributed by atoms with E-state index in [-0.39, 0.29) is 19.3 Å². The van der Waals surface area contributed by atoms with E-state index in [1.807, 2.05) is 0 Å². The van der Waals surface area contributed by atoms with Crippen molar-refractivity contribution in [2.75, 3.05) is 0 Å². The van der Waals surface area contributed by atoms with Crippen LogP contribution in [0.5, 0.6) is 0 Å². The monoisotopic (exact) mass is 323 g/mol. The largest absolute Gasteiger partial charge is 0.481 e. The fraction of sp³-hybridized carbons (Fsp3) is 0.438. The molecular formula is C16H18ClNO4. The standard InChI is InChI=1S/C16H18ClNO4/c1-15(2,14(21)22)9-16(10-18,8-7-13(19)20)11-5-3-4-6-12(11)17/h3-6H,7-9H2,1-2H3,(H,19,20)(H,21,22). The summed E-state index contributed by atoms with van der Waals surface area (Å²) >= 11 is 6.17. The third-order valence-electron chi connectivity index (χ3n) is 3.69. The zero-order valence-corrected chi connectivity index (χ0v) is 13.2. The minimum Gasteiger partial charge on any atom is -0.481 e. The third kappa shape index (κ3) is 3.99. The molecule has 0 saturated carbocycles. The van der Waals surface area contributed by atoms with Crippen molar-refractivity contribution in [2.24, 2.45) is 5.41 Å². The van der Waals surface area contributed by atoms with Crippen LogP contribution in [0.3, 0.4) is 0 Å². The maximum Gasteiger partial charge on any atom is 0.309 e. The summed E-state index contributed by atoms with van der Waals surface area (Å²) in [4.78, 5) is 22.3. The summed E-state index contributed by atoms with van der Waals surface area (Å²) in [5, 5.41) is 28.3. The lowest BCUT2D eigenvalue weighted by molar-refractivity contribution is -0.147. The van der Waals surface area contributed by atoms with Gasteiger partial charge in [0, 0.05) is 11.4 Å². The van der Waals surface area contributed by atoms with Gasteiger partial charge in [0.15, 0.2) is 0 Å². The van der Waals surface area contributed by atoms with E-state index in [4.69, 9.17) is 16.7 Å². The summed E-state index contributed by atoms with van der Waals surface area (Å²) in [5.41, 5.74) is -1.99. The molecule has 0 heterocycles.